The molecule has 0 aliphatic carbocycles. The van der Waals surface area contributed by atoms with Crippen molar-refractivity contribution in [1.82, 2.24) is 4.31 Å². The van der Waals surface area contributed by atoms with Gasteiger partial charge < -0.3 is 15.1 Å². The van der Waals surface area contributed by atoms with Crippen LogP contribution < -0.4 is 4.90 Å². The third-order valence-electron chi connectivity index (χ3n) is 6.73. The Balaban J connectivity index is 1.50. The van der Waals surface area contributed by atoms with Crippen LogP contribution in [0.2, 0.25) is 5.02 Å². The van der Waals surface area contributed by atoms with Gasteiger partial charge in [-0.2, -0.15) is 4.31 Å². The molecule has 0 amide bonds. The average Bonchev–Trinajstić information content (AvgIpc) is 2.92. The summed E-state index contributed by atoms with van der Waals surface area (Å²) >= 11 is 6.37. The maximum atomic E-state index is 14.0. The zero-order valence-electron chi connectivity index (χ0n) is 20.0. The van der Waals surface area contributed by atoms with Gasteiger partial charge >= 0.3 is 0 Å². The Morgan fingerprint density at radius 3 is 1.76 bits per heavy atom. The predicted molar refractivity (Wildman–Crippen MR) is 146 cm³/mol. The second-order valence-electron chi connectivity index (χ2n) is 9.00. The highest BCUT2D eigenvalue weighted by Gasteiger charge is 2.33. The molecule has 0 radical (unpaired) electrons. The van der Waals surface area contributed by atoms with E-state index in [-0.39, 0.29) is 16.4 Å². The smallest absolute Gasteiger partial charge is 0.243 e. The van der Waals surface area contributed by atoms with Crippen molar-refractivity contribution in [3.05, 3.63) is 119 Å². The van der Waals surface area contributed by atoms with Crippen LogP contribution in [0.3, 0.4) is 0 Å². The SMILES string of the molecule is O=S(=O)(c1ccccc1C(c1ccc(O)cc1)c1ccc(O)cc1)N1CCN(c2ccccc2Cl)CC1. The maximum absolute atomic E-state index is 14.0. The molecule has 0 spiro atoms. The van der Waals surface area contributed by atoms with E-state index < -0.39 is 15.9 Å². The Kier molecular flexibility index (Phi) is 7.11. The molecule has 0 unspecified atom stereocenters. The first-order valence-corrected chi connectivity index (χ1v) is 13.8. The highest BCUT2D eigenvalue weighted by atomic mass is 35.5. The number of sulfonamides is 1. The first-order chi connectivity index (χ1) is 17.8. The molecule has 1 saturated heterocycles. The van der Waals surface area contributed by atoms with Crippen LogP contribution in [0.15, 0.2) is 102 Å². The lowest BCUT2D eigenvalue weighted by Gasteiger charge is -2.36. The van der Waals surface area contributed by atoms with Crippen molar-refractivity contribution in [2.24, 2.45) is 0 Å². The first-order valence-electron chi connectivity index (χ1n) is 12.0. The van der Waals surface area contributed by atoms with Crippen LogP contribution in [0, 0.1) is 0 Å². The fraction of sp³-hybridized carbons (Fsp3) is 0.172. The molecular formula is C29H27ClN2O4S. The number of phenolic OH excluding ortho intramolecular Hbond substituents is 2. The van der Waals surface area contributed by atoms with Crippen molar-refractivity contribution in [1.29, 1.82) is 0 Å². The summed E-state index contributed by atoms with van der Waals surface area (Å²) in [5, 5.41) is 20.3. The summed E-state index contributed by atoms with van der Waals surface area (Å²) in [4.78, 5) is 2.35. The van der Waals surface area contributed by atoms with Gasteiger partial charge in [0.05, 0.1) is 15.6 Å². The summed E-state index contributed by atoms with van der Waals surface area (Å²) in [6.07, 6.45) is 0. The summed E-state index contributed by atoms with van der Waals surface area (Å²) in [7, 11) is -3.81. The lowest BCUT2D eigenvalue weighted by atomic mass is 9.85. The van der Waals surface area contributed by atoms with Gasteiger partial charge in [0.25, 0.3) is 0 Å². The number of anilines is 1. The number of halogens is 1. The normalized spacial score (nSPS) is 14.7. The Morgan fingerprint density at radius 1 is 0.676 bits per heavy atom. The average molecular weight is 535 g/mol. The molecule has 6 nitrogen and oxygen atoms in total. The third-order valence-corrected chi connectivity index (χ3v) is 9.02. The van der Waals surface area contributed by atoms with Crippen molar-refractivity contribution in [3.8, 4) is 11.5 Å². The zero-order chi connectivity index (χ0) is 26.0. The van der Waals surface area contributed by atoms with Gasteiger partial charge in [-0.15, -0.1) is 0 Å². The van der Waals surface area contributed by atoms with E-state index >= 15 is 0 Å². The fourth-order valence-electron chi connectivity index (χ4n) is 4.86. The van der Waals surface area contributed by atoms with E-state index in [0.717, 1.165) is 16.8 Å². The molecule has 1 heterocycles. The summed E-state index contributed by atoms with van der Waals surface area (Å²) in [6, 6.07) is 28.2. The predicted octanol–water partition coefficient (Wildman–Crippen LogP) is 5.44. The van der Waals surface area contributed by atoms with E-state index in [2.05, 4.69) is 4.90 Å². The number of piperazine rings is 1. The summed E-state index contributed by atoms with van der Waals surface area (Å²) in [6.45, 7) is 1.74. The van der Waals surface area contributed by atoms with Gasteiger partial charge in [-0.05, 0) is 59.2 Å². The summed E-state index contributed by atoms with van der Waals surface area (Å²) in [5.74, 6) is -0.160. The first kappa shape index (κ1) is 25.1. The topological polar surface area (TPSA) is 81.1 Å². The van der Waals surface area contributed by atoms with E-state index in [4.69, 9.17) is 11.6 Å². The van der Waals surface area contributed by atoms with E-state index in [1.54, 1.807) is 60.7 Å². The van der Waals surface area contributed by atoms with E-state index in [9.17, 15) is 18.6 Å². The van der Waals surface area contributed by atoms with Gasteiger partial charge in [0.2, 0.25) is 10.0 Å². The molecule has 190 valence electrons. The number of nitrogens with zero attached hydrogens (tertiary/aromatic N) is 2. The lowest BCUT2D eigenvalue weighted by molar-refractivity contribution is 0.384. The standard InChI is InChI=1S/C29H27ClN2O4S/c30-26-6-2-3-7-27(26)31-17-19-32(20-18-31)37(35,36)28-8-4-1-5-25(28)29(21-9-13-23(33)14-10-21)22-11-15-24(34)16-12-22/h1-16,29,33-34H,17-20H2. The second kappa shape index (κ2) is 10.5. The Labute approximate surface area is 222 Å². The van der Waals surface area contributed by atoms with Gasteiger partial charge in [-0.1, -0.05) is 66.2 Å². The molecule has 1 aliphatic rings. The van der Waals surface area contributed by atoms with Gasteiger partial charge in [0.15, 0.2) is 0 Å². The fourth-order valence-corrected chi connectivity index (χ4v) is 6.77. The van der Waals surface area contributed by atoms with Crippen molar-refractivity contribution in [2.45, 2.75) is 10.8 Å². The second-order valence-corrected chi connectivity index (χ2v) is 11.3. The molecule has 37 heavy (non-hydrogen) atoms. The highest BCUT2D eigenvalue weighted by Crippen LogP contribution is 2.38. The number of rotatable bonds is 6. The molecule has 5 rings (SSSR count). The van der Waals surface area contributed by atoms with Crippen molar-refractivity contribution in [2.75, 3.05) is 31.1 Å². The summed E-state index contributed by atoms with van der Waals surface area (Å²) in [5.41, 5.74) is 3.19. The molecule has 0 aromatic heterocycles. The largest absolute Gasteiger partial charge is 0.508 e. The summed E-state index contributed by atoms with van der Waals surface area (Å²) < 4.78 is 29.5. The molecule has 0 bridgehead atoms. The minimum Gasteiger partial charge on any atom is -0.508 e. The Hall–Kier alpha value is -3.52. The molecule has 8 heteroatoms. The van der Waals surface area contributed by atoms with Crippen molar-refractivity contribution < 1.29 is 18.6 Å². The molecule has 4 aromatic carbocycles. The van der Waals surface area contributed by atoms with Gasteiger partial charge in [-0.3, -0.25) is 0 Å². The van der Waals surface area contributed by atoms with Crippen molar-refractivity contribution >= 4 is 27.3 Å². The molecular weight excluding hydrogens is 508 g/mol. The minimum atomic E-state index is -3.81. The van der Waals surface area contributed by atoms with Gasteiger partial charge in [0, 0.05) is 32.1 Å². The van der Waals surface area contributed by atoms with Crippen LogP contribution in [0.5, 0.6) is 11.5 Å². The van der Waals surface area contributed by atoms with Crippen LogP contribution >= 0.6 is 11.6 Å². The number of hydrogen-bond acceptors (Lipinski definition) is 5. The van der Waals surface area contributed by atoms with Crippen molar-refractivity contribution in [3.63, 3.8) is 0 Å². The molecule has 0 saturated carbocycles. The minimum absolute atomic E-state index is 0.130. The van der Waals surface area contributed by atoms with Crippen LogP contribution in [0.1, 0.15) is 22.6 Å². The van der Waals surface area contributed by atoms with E-state index in [0.29, 0.717) is 36.8 Å². The van der Waals surface area contributed by atoms with E-state index in [1.165, 1.54) is 4.31 Å². The maximum Gasteiger partial charge on any atom is 0.243 e. The molecule has 2 N–H and O–H groups in total. The Bertz CT molecular complexity index is 1440. The van der Waals surface area contributed by atoms with Gasteiger partial charge in [0.1, 0.15) is 11.5 Å². The monoisotopic (exact) mass is 534 g/mol. The number of para-hydroxylation sites is 1. The molecule has 1 fully saturated rings. The van der Waals surface area contributed by atoms with Crippen LogP contribution in [-0.2, 0) is 10.0 Å². The lowest BCUT2D eigenvalue weighted by Crippen LogP contribution is -2.49. The molecule has 1 aliphatic heterocycles. The third kappa shape index (κ3) is 5.16. The number of aromatic hydroxyl groups is 2. The van der Waals surface area contributed by atoms with E-state index in [1.807, 2.05) is 36.4 Å². The molecule has 4 aromatic rings. The zero-order valence-corrected chi connectivity index (χ0v) is 21.6. The van der Waals surface area contributed by atoms with Crippen LogP contribution in [-0.4, -0.2) is 49.1 Å². The number of phenols is 2. The quantitative estimate of drug-likeness (QED) is 0.322. The highest BCUT2D eigenvalue weighted by molar-refractivity contribution is 7.89. The number of benzene rings is 4. The Morgan fingerprint density at radius 2 is 1.19 bits per heavy atom. The van der Waals surface area contributed by atoms with Crippen LogP contribution in [0.4, 0.5) is 5.69 Å². The van der Waals surface area contributed by atoms with Crippen LogP contribution in [0.25, 0.3) is 0 Å². The molecule has 0 atom stereocenters. The van der Waals surface area contributed by atoms with Gasteiger partial charge in [-0.25, -0.2) is 8.42 Å². The number of hydrogen-bond donors (Lipinski definition) is 2.